The van der Waals surface area contributed by atoms with Gasteiger partial charge in [-0.15, -0.1) is 0 Å². The van der Waals surface area contributed by atoms with Gasteiger partial charge >= 0.3 is 0 Å². The Labute approximate surface area is 143 Å². The number of carbonyl (C=O) groups is 1. The van der Waals surface area contributed by atoms with Crippen molar-refractivity contribution in [3.8, 4) is 17.7 Å². The Morgan fingerprint density at radius 3 is 2.42 bits per heavy atom. The summed E-state index contributed by atoms with van der Waals surface area (Å²) < 4.78 is 5.31. The van der Waals surface area contributed by atoms with Crippen molar-refractivity contribution in [3.05, 3.63) is 59.3 Å². The van der Waals surface area contributed by atoms with Crippen LogP contribution in [-0.2, 0) is 11.2 Å². The van der Waals surface area contributed by atoms with Crippen LogP contribution >= 0.6 is 0 Å². The molecule has 1 unspecified atom stereocenters. The van der Waals surface area contributed by atoms with Crippen LogP contribution in [0.5, 0.6) is 5.88 Å². The first kappa shape index (κ1) is 17.6. The van der Waals surface area contributed by atoms with Gasteiger partial charge in [-0.1, -0.05) is 24.0 Å². The van der Waals surface area contributed by atoms with Crippen molar-refractivity contribution in [1.29, 1.82) is 0 Å². The molecule has 1 amide bonds. The topological polar surface area (TPSA) is 51.2 Å². The zero-order chi connectivity index (χ0) is 17.4. The Morgan fingerprint density at radius 2 is 1.83 bits per heavy atom. The number of hydrogen-bond donors (Lipinski definition) is 1. The highest BCUT2D eigenvalue weighted by atomic mass is 16.5. The van der Waals surface area contributed by atoms with E-state index in [4.69, 9.17) is 4.74 Å². The van der Waals surface area contributed by atoms with Gasteiger partial charge < -0.3 is 10.1 Å². The Balaban J connectivity index is 1.97. The summed E-state index contributed by atoms with van der Waals surface area (Å²) in [4.78, 5) is 15.2. The van der Waals surface area contributed by atoms with E-state index in [9.17, 15) is 4.79 Å². The molecule has 4 nitrogen and oxygen atoms in total. The first-order chi connectivity index (χ1) is 11.6. The summed E-state index contributed by atoms with van der Waals surface area (Å²) in [7, 11) is 0. The van der Waals surface area contributed by atoms with Gasteiger partial charge in [0.1, 0.15) is 0 Å². The van der Waals surface area contributed by atoms with E-state index in [-0.39, 0.29) is 11.9 Å². The monoisotopic (exact) mass is 322 g/mol. The minimum absolute atomic E-state index is 0.00560. The van der Waals surface area contributed by atoms with E-state index in [2.05, 4.69) is 22.1 Å². The van der Waals surface area contributed by atoms with Crippen molar-refractivity contribution in [3.63, 3.8) is 0 Å². The molecule has 0 aliphatic carbocycles. The first-order valence-electron chi connectivity index (χ1n) is 8.03. The summed E-state index contributed by atoms with van der Waals surface area (Å²) in [5, 5.41) is 2.88. The second-order valence-electron chi connectivity index (χ2n) is 5.57. The molecule has 1 atom stereocenters. The smallest absolute Gasteiger partial charge is 0.217 e. The zero-order valence-corrected chi connectivity index (χ0v) is 14.3. The number of rotatable bonds is 5. The van der Waals surface area contributed by atoms with Gasteiger partial charge in [0, 0.05) is 36.4 Å². The molecule has 0 spiro atoms. The molecule has 24 heavy (non-hydrogen) atoms. The van der Waals surface area contributed by atoms with Gasteiger partial charge in [-0.3, -0.25) is 4.79 Å². The molecule has 0 aliphatic heterocycles. The molecule has 0 bridgehead atoms. The van der Waals surface area contributed by atoms with Gasteiger partial charge in [0.2, 0.25) is 11.8 Å². The average molecular weight is 322 g/mol. The summed E-state index contributed by atoms with van der Waals surface area (Å²) in [5.41, 5.74) is 2.96. The van der Waals surface area contributed by atoms with Gasteiger partial charge in [0.25, 0.3) is 0 Å². The molecule has 2 rings (SSSR count). The van der Waals surface area contributed by atoms with Crippen LogP contribution in [0.15, 0.2) is 42.6 Å². The third-order valence-corrected chi connectivity index (χ3v) is 3.33. The Morgan fingerprint density at radius 1 is 1.17 bits per heavy atom. The third kappa shape index (κ3) is 5.77. The quantitative estimate of drug-likeness (QED) is 0.861. The highest BCUT2D eigenvalue weighted by Gasteiger charge is 2.04. The lowest BCUT2D eigenvalue weighted by atomic mass is 10.1. The number of aromatic nitrogens is 1. The fourth-order valence-electron chi connectivity index (χ4n) is 2.31. The predicted octanol–water partition coefficient (Wildman–Crippen LogP) is 2.95. The number of nitrogens with one attached hydrogen (secondary N) is 1. The minimum atomic E-state index is -0.00560. The van der Waals surface area contributed by atoms with Crippen LogP contribution in [0.3, 0.4) is 0 Å². The molecule has 0 saturated heterocycles. The summed E-state index contributed by atoms with van der Waals surface area (Å²) in [6.07, 6.45) is 2.51. The molecule has 4 heteroatoms. The molecule has 1 heterocycles. The Hall–Kier alpha value is -2.80. The second kappa shape index (κ2) is 8.73. The van der Waals surface area contributed by atoms with Crippen LogP contribution in [0.4, 0.5) is 0 Å². The summed E-state index contributed by atoms with van der Waals surface area (Å²) in [6, 6.07) is 11.9. The molecular formula is C20H22N2O2. The van der Waals surface area contributed by atoms with E-state index in [1.54, 1.807) is 6.20 Å². The van der Waals surface area contributed by atoms with E-state index in [1.807, 2.05) is 50.2 Å². The van der Waals surface area contributed by atoms with Crippen molar-refractivity contribution in [1.82, 2.24) is 10.3 Å². The Kier molecular flexibility index (Phi) is 6.39. The normalized spacial score (nSPS) is 11.1. The van der Waals surface area contributed by atoms with Gasteiger partial charge in [-0.05, 0) is 44.0 Å². The molecule has 0 aliphatic rings. The number of amides is 1. The lowest BCUT2D eigenvalue weighted by Gasteiger charge is -2.12. The summed E-state index contributed by atoms with van der Waals surface area (Å²) >= 11 is 0. The molecule has 0 saturated carbocycles. The minimum Gasteiger partial charge on any atom is -0.478 e. The van der Waals surface area contributed by atoms with Crippen LogP contribution in [0.2, 0.25) is 0 Å². The van der Waals surface area contributed by atoms with Crippen LogP contribution in [0, 0.1) is 11.8 Å². The number of hydrogen-bond acceptors (Lipinski definition) is 3. The summed E-state index contributed by atoms with van der Waals surface area (Å²) in [6.45, 7) is 6.06. The van der Waals surface area contributed by atoms with E-state index in [1.165, 1.54) is 12.5 Å². The molecule has 0 fully saturated rings. The zero-order valence-electron chi connectivity index (χ0n) is 14.3. The SMILES string of the molecule is CCOc1ccc(C#Cc2ccc(CC(C)NC(C)=O)cc2)cn1. The molecule has 0 radical (unpaired) electrons. The maximum atomic E-state index is 11.0. The van der Waals surface area contributed by atoms with Gasteiger partial charge in [0.15, 0.2) is 0 Å². The van der Waals surface area contributed by atoms with Gasteiger partial charge in [-0.25, -0.2) is 4.98 Å². The van der Waals surface area contributed by atoms with E-state index in [0.717, 1.165) is 17.5 Å². The third-order valence-electron chi connectivity index (χ3n) is 3.33. The van der Waals surface area contributed by atoms with Crippen LogP contribution in [0.25, 0.3) is 0 Å². The van der Waals surface area contributed by atoms with Crippen molar-refractivity contribution in [2.75, 3.05) is 6.61 Å². The molecule has 1 aromatic carbocycles. The highest BCUT2D eigenvalue weighted by molar-refractivity contribution is 5.73. The molecule has 1 N–H and O–H groups in total. The fourth-order valence-corrected chi connectivity index (χ4v) is 2.31. The average Bonchev–Trinajstić information content (AvgIpc) is 2.55. The maximum absolute atomic E-state index is 11.0. The van der Waals surface area contributed by atoms with E-state index >= 15 is 0 Å². The first-order valence-corrected chi connectivity index (χ1v) is 8.03. The largest absolute Gasteiger partial charge is 0.478 e. The predicted molar refractivity (Wildman–Crippen MR) is 94.8 cm³/mol. The van der Waals surface area contributed by atoms with Crippen molar-refractivity contribution in [2.45, 2.75) is 33.2 Å². The van der Waals surface area contributed by atoms with E-state index < -0.39 is 0 Å². The number of nitrogens with zero attached hydrogens (tertiary/aromatic N) is 1. The number of ether oxygens (including phenoxy) is 1. The van der Waals surface area contributed by atoms with Crippen molar-refractivity contribution < 1.29 is 9.53 Å². The van der Waals surface area contributed by atoms with Gasteiger partial charge in [0.05, 0.1) is 6.61 Å². The maximum Gasteiger partial charge on any atom is 0.217 e. The standard InChI is InChI=1S/C20H22N2O2/c1-4-24-20-12-11-19(14-21-20)10-7-17-5-8-18(9-6-17)13-15(2)22-16(3)23/h5-6,8-9,11-12,14-15H,4,13H2,1-3H3,(H,22,23). The van der Waals surface area contributed by atoms with Crippen molar-refractivity contribution in [2.24, 2.45) is 0 Å². The molecule has 1 aromatic heterocycles. The molecule has 2 aromatic rings. The van der Waals surface area contributed by atoms with Crippen molar-refractivity contribution >= 4 is 5.91 Å². The number of carbonyl (C=O) groups excluding carboxylic acids is 1. The summed E-state index contributed by atoms with van der Waals surface area (Å²) in [5.74, 6) is 6.82. The molecular weight excluding hydrogens is 300 g/mol. The Bertz CT molecular complexity index is 725. The number of pyridine rings is 1. The molecule has 124 valence electrons. The van der Waals surface area contributed by atoms with Crippen LogP contribution in [0.1, 0.15) is 37.5 Å². The second-order valence-corrected chi connectivity index (χ2v) is 5.57. The lowest BCUT2D eigenvalue weighted by Crippen LogP contribution is -2.31. The highest BCUT2D eigenvalue weighted by Crippen LogP contribution is 2.08. The van der Waals surface area contributed by atoms with Crippen LogP contribution in [-0.4, -0.2) is 23.5 Å². The van der Waals surface area contributed by atoms with Crippen LogP contribution < -0.4 is 10.1 Å². The number of benzene rings is 1. The van der Waals surface area contributed by atoms with Gasteiger partial charge in [-0.2, -0.15) is 0 Å². The van der Waals surface area contributed by atoms with E-state index in [0.29, 0.717) is 12.5 Å². The fraction of sp³-hybridized carbons (Fsp3) is 0.300. The lowest BCUT2D eigenvalue weighted by molar-refractivity contribution is -0.119.